The second-order valence-electron chi connectivity index (χ2n) is 7.80. The fourth-order valence-corrected chi connectivity index (χ4v) is 2.56. The number of hydrogen-bond donors (Lipinski definition) is 0. The number of hydrogen-bond acceptors (Lipinski definition) is 2. The minimum absolute atomic E-state index is 0.274. The van der Waals surface area contributed by atoms with Gasteiger partial charge in [-0.05, 0) is 54.9 Å². The van der Waals surface area contributed by atoms with Crippen molar-refractivity contribution < 1.29 is 9.47 Å². The lowest BCUT2D eigenvalue weighted by Crippen LogP contribution is -2.09. The molecule has 2 aromatic carbocycles. The molecule has 0 heterocycles. The lowest BCUT2D eigenvalue weighted by atomic mass is 10.0. The van der Waals surface area contributed by atoms with E-state index >= 15 is 0 Å². The normalized spacial score (nSPS) is 10.6. The van der Waals surface area contributed by atoms with E-state index in [4.69, 9.17) is 9.47 Å². The van der Waals surface area contributed by atoms with Crippen LogP contribution in [0, 0.1) is 5.92 Å². The van der Waals surface area contributed by atoms with Crippen LogP contribution in [0.25, 0.3) is 12.2 Å². The van der Waals surface area contributed by atoms with Gasteiger partial charge < -0.3 is 9.47 Å². The molecule has 0 bridgehead atoms. The average molecular weight is 395 g/mol. The summed E-state index contributed by atoms with van der Waals surface area (Å²) in [5.74, 6) is 0.791. The fourth-order valence-electron chi connectivity index (χ4n) is 2.56. The maximum absolute atomic E-state index is 5.49. The van der Waals surface area contributed by atoms with Crippen LogP contribution in [0.15, 0.2) is 61.7 Å². The van der Waals surface area contributed by atoms with Gasteiger partial charge in [0.2, 0.25) is 0 Å². The van der Waals surface area contributed by atoms with Crippen molar-refractivity contribution in [2.24, 2.45) is 5.92 Å². The summed E-state index contributed by atoms with van der Waals surface area (Å²) in [5, 5.41) is 0. The van der Waals surface area contributed by atoms with E-state index in [1.165, 1.54) is 29.5 Å². The highest BCUT2D eigenvalue weighted by molar-refractivity contribution is 5.47. The highest BCUT2D eigenvalue weighted by Gasteiger charge is 1.97. The summed E-state index contributed by atoms with van der Waals surface area (Å²) in [4.78, 5) is 0. The number of aryl methyl sites for hydroxylation is 1. The van der Waals surface area contributed by atoms with E-state index in [0.29, 0.717) is 19.8 Å². The fraction of sp³-hybridized carbons (Fsp3) is 0.407. The maximum atomic E-state index is 5.49. The van der Waals surface area contributed by atoms with Crippen molar-refractivity contribution in [2.45, 2.75) is 53.2 Å². The summed E-state index contributed by atoms with van der Waals surface area (Å²) < 4.78 is 10.9. The molecule has 0 saturated heterocycles. The molecule has 0 aromatic heterocycles. The van der Waals surface area contributed by atoms with Crippen LogP contribution in [0.3, 0.4) is 0 Å². The van der Waals surface area contributed by atoms with Crippen LogP contribution >= 0.6 is 0 Å². The van der Waals surface area contributed by atoms with Crippen molar-refractivity contribution in [3.05, 3.63) is 83.9 Å². The monoisotopic (exact) mass is 394 g/mol. The molecule has 0 unspecified atom stereocenters. The Morgan fingerprint density at radius 3 is 1.72 bits per heavy atom. The number of benzene rings is 2. The average Bonchev–Trinajstić information content (AvgIpc) is 2.73. The molecule has 0 aliphatic carbocycles. The van der Waals surface area contributed by atoms with Gasteiger partial charge in [0.05, 0.1) is 25.9 Å². The molecule has 0 aliphatic heterocycles. The number of ether oxygens (including phenoxy) is 2. The lowest BCUT2D eigenvalue weighted by molar-refractivity contribution is 0.0143. The minimum Gasteiger partial charge on any atom is -0.376 e. The Labute approximate surface area is 178 Å². The van der Waals surface area contributed by atoms with E-state index in [1.807, 2.05) is 38.1 Å². The van der Waals surface area contributed by atoms with Crippen LogP contribution in [0.1, 0.15) is 56.4 Å². The molecule has 29 heavy (non-hydrogen) atoms. The van der Waals surface area contributed by atoms with E-state index < -0.39 is 0 Å². The van der Waals surface area contributed by atoms with Gasteiger partial charge in [0, 0.05) is 0 Å². The first-order valence-electron chi connectivity index (χ1n) is 10.6. The van der Waals surface area contributed by atoms with Crippen molar-refractivity contribution in [2.75, 3.05) is 13.2 Å². The maximum Gasteiger partial charge on any atom is 0.0718 e. The molecule has 0 amide bonds. The van der Waals surface area contributed by atoms with Gasteiger partial charge in [0.25, 0.3) is 0 Å². The number of rotatable bonds is 11. The van der Waals surface area contributed by atoms with Crippen molar-refractivity contribution in [1.82, 2.24) is 0 Å². The minimum atomic E-state index is 0.274. The van der Waals surface area contributed by atoms with Gasteiger partial charge in [0.1, 0.15) is 0 Å². The van der Waals surface area contributed by atoms with Crippen LogP contribution < -0.4 is 0 Å². The summed E-state index contributed by atoms with van der Waals surface area (Å²) >= 11 is 0. The Hall–Kier alpha value is -2.16. The molecule has 0 N–H and O–H groups in total. The molecule has 2 rings (SSSR count). The predicted molar refractivity (Wildman–Crippen MR) is 127 cm³/mol. The first-order chi connectivity index (χ1) is 13.9. The smallest absolute Gasteiger partial charge is 0.0718 e. The van der Waals surface area contributed by atoms with Crippen molar-refractivity contribution in [3.63, 3.8) is 0 Å². The van der Waals surface area contributed by atoms with E-state index in [9.17, 15) is 0 Å². The Morgan fingerprint density at radius 1 is 0.759 bits per heavy atom. The van der Waals surface area contributed by atoms with Gasteiger partial charge in [-0.25, -0.2) is 0 Å². The SMILES string of the molecule is C=Cc1ccc(CCC(C)C)cc1.C=Cc1ccc(COCCOC(C)C)cc1. The Balaban J connectivity index is 0.000000296. The Morgan fingerprint density at radius 2 is 1.28 bits per heavy atom. The molecule has 2 nitrogen and oxygen atoms in total. The van der Waals surface area contributed by atoms with Crippen LogP contribution in [0.2, 0.25) is 0 Å². The first-order valence-corrected chi connectivity index (χ1v) is 10.6. The van der Waals surface area contributed by atoms with Crippen molar-refractivity contribution in [1.29, 1.82) is 0 Å². The van der Waals surface area contributed by atoms with Gasteiger partial charge in [-0.1, -0.05) is 87.7 Å². The molecular weight excluding hydrogens is 356 g/mol. The van der Waals surface area contributed by atoms with Gasteiger partial charge in [-0.15, -0.1) is 0 Å². The zero-order valence-corrected chi connectivity index (χ0v) is 18.7. The molecule has 0 spiro atoms. The molecule has 0 aliphatic rings. The highest BCUT2D eigenvalue weighted by atomic mass is 16.5. The predicted octanol–water partition coefficient (Wildman–Crippen LogP) is 7.19. The third-order valence-corrected chi connectivity index (χ3v) is 4.39. The molecule has 2 heteroatoms. The van der Waals surface area contributed by atoms with Gasteiger partial charge in [0.15, 0.2) is 0 Å². The van der Waals surface area contributed by atoms with Crippen molar-refractivity contribution in [3.8, 4) is 0 Å². The van der Waals surface area contributed by atoms with Gasteiger partial charge in [-0.3, -0.25) is 0 Å². The summed E-state index contributed by atoms with van der Waals surface area (Å²) in [7, 11) is 0. The Bertz CT molecular complexity index is 681. The highest BCUT2D eigenvalue weighted by Crippen LogP contribution is 2.11. The van der Waals surface area contributed by atoms with Crippen LogP contribution in [0.5, 0.6) is 0 Å². The van der Waals surface area contributed by atoms with Crippen LogP contribution in [0.4, 0.5) is 0 Å². The van der Waals surface area contributed by atoms with Crippen molar-refractivity contribution >= 4 is 12.2 Å². The van der Waals surface area contributed by atoms with E-state index in [-0.39, 0.29) is 6.10 Å². The zero-order valence-electron chi connectivity index (χ0n) is 18.7. The zero-order chi connectivity index (χ0) is 21.5. The summed E-state index contributed by atoms with van der Waals surface area (Å²) in [5.41, 5.74) is 4.94. The van der Waals surface area contributed by atoms with Gasteiger partial charge in [-0.2, -0.15) is 0 Å². The molecule has 0 fully saturated rings. The summed E-state index contributed by atoms with van der Waals surface area (Å²) in [6.07, 6.45) is 6.45. The standard InChI is InChI=1S/C14H20O2.C13H18/c1-4-13-5-7-14(8-6-13)11-15-9-10-16-12(2)3;1-4-12-7-9-13(10-8-12)6-5-11(2)3/h4-8,12H,1,9-11H2,2-3H3;4,7-11H,1,5-6H2,2-3H3. The quantitative estimate of drug-likeness (QED) is 0.375. The third kappa shape index (κ3) is 12.1. The second-order valence-corrected chi connectivity index (χ2v) is 7.80. The third-order valence-electron chi connectivity index (χ3n) is 4.39. The molecule has 0 atom stereocenters. The van der Waals surface area contributed by atoms with E-state index in [2.05, 4.69) is 63.4 Å². The largest absolute Gasteiger partial charge is 0.376 e. The molecule has 0 saturated carbocycles. The van der Waals surface area contributed by atoms with Crippen LogP contribution in [-0.4, -0.2) is 19.3 Å². The lowest BCUT2D eigenvalue weighted by Gasteiger charge is -2.08. The van der Waals surface area contributed by atoms with Crippen LogP contribution in [-0.2, 0) is 22.5 Å². The summed E-state index contributed by atoms with van der Waals surface area (Å²) in [6, 6.07) is 16.8. The van der Waals surface area contributed by atoms with Gasteiger partial charge >= 0.3 is 0 Å². The molecule has 2 aromatic rings. The molecule has 0 radical (unpaired) electrons. The van der Waals surface area contributed by atoms with E-state index in [1.54, 1.807) is 0 Å². The second kappa shape index (κ2) is 14.8. The topological polar surface area (TPSA) is 18.5 Å². The Kier molecular flexibility index (Phi) is 12.7. The first kappa shape index (κ1) is 24.9. The summed E-state index contributed by atoms with van der Waals surface area (Å²) in [6.45, 7) is 18.0. The molecule has 158 valence electrons. The van der Waals surface area contributed by atoms with E-state index in [0.717, 1.165) is 11.5 Å². The molecular formula is C27H38O2.